The van der Waals surface area contributed by atoms with Crippen molar-refractivity contribution in [3.8, 4) is 0 Å². The molecule has 0 N–H and O–H groups in total. The zero-order valence-corrected chi connectivity index (χ0v) is 9.48. The third kappa shape index (κ3) is 5.60. The Labute approximate surface area is 83.5 Å². The number of nitrogens with zero attached hydrogens (tertiary/aromatic N) is 1. The second kappa shape index (κ2) is 5.59. The van der Waals surface area contributed by atoms with Crippen molar-refractivity contribution in [3.05, 3.63) is 0 Å². The zero-order chi connectivity index (χ0) is 9.72. The van der Waals surface area contributed by atoms with Gasteiger partial charge >= 0.3 is 6.09 Å². The molecule has 0 fully saturated rings. The molecular weight excluding hydrogens is 194 g/mol. The molecule has 0 saturated carbocycles. The van der Waals surface area contributed by atoms with Gasteiger partial charge in [-0.2, -0.15) is 3.71 Å². The first-order valence-electron chi connectivity index (χ1n) is 3.80. The molecule has 12 heavy (non-hydrogen) atoms. The molecule has 0 unspecified atom stereocenters. The standard InChI is InChI=1S/C7H15NO2S2/c1-5(2)10-7(9)8(11)12-6(3)4/h5-6,11H,1-4H3. The van der Waals surface area contributed by atoms with Crippen LogP contribution in [-0.2, 0) is 4.74 Å². The lowest BCUT2D eigenvalue weighted by Gasteiger charge is -2.17. The molecule has 0 spiro atoms. The van der Waals surface area contributed by atoms with Crippen LogP contribution in [0.5, 0.6) is 0 Å². The van der Waals surface area contributed by atoms with E-state index in [1.165, 1.54) is 15.7 Å². The van der Waals surface area contributed by atoms with Gasteiger partial charge in [0.25, 0.3) is 0 Å². The number of amides is 1. The molecule has 0 radical (unpaired) electrons. The van der Waals surface area contributed by atoms with Gasteiger partial charge in [0.1, 0.15) is 0 Å². The Hall–Kier alpha value is -0.0300. The molecule has 0 atom stereocenters. The molecule has 3 nitrogen and oxygen atoms in total. The fourth-order valence-electron chi connectivity index (χ4n) is 0.489. The lowest BCUT2D eigenvalue weighted by atomic mass is 10.5. The third-order valence-electron chi connectivity index (χ3n) is 0.803. The highest BCUT2D eigenvalue weighted by Crippen LogP contribution is 2.19. The SMILES string of the molecule is CC(C)OC(=O)N(S)SC(C)C. The van der Waals surface area contributed by atoms with Gasteiger partial charge < -0.3 is 4.74 Å². The predicted octanol–water partition coefficient (Wildman–Crippen LogP) is 2.73. The average Bonchev–Trinajstić information content (AvgIpc) is 1.84. The minimum Gasteiger partial charge on any atom is -0.445 e. The normalized spacial score (nSPS) is 10.6. The molecule has 0 rings (SSSR count). The zero-order valence-electron chi connectivity index (χ0n) is 7.77. The van der Waals surface area contributed by atoms with Crippen molar-refractivity contribution in [2.24, 2.45) is 0 Å². The van der Waals surface area contributed by atoms with E-state index in [4.69, 9.17) is 4.74 Å². The molecule has 0 heterocycles. The molecule has 0 aromatic heterocycles. The van der Waals surface area contributed by atoms with E-state index >= 15 is 0 Å². The van der Waals surface area contributed by atoms with Gasteiger partial charge in [0.05, 0.1) is 6.10 Å². The molecule has 0 aromatic carbocycles. The van der Waals surface area contributed by atoms with Crippen molar-refractivity contribution in [1.29, 1.82) is 0 Å². The quantitative estimate of drug-likeness (QED) is 0.572. The summed E-state index contributed by atoms with van der Waals surface area (Å²) < 4.78 is 6.12. The Morgan fingerprint density at radius 2 is 1.92 bits per heavy atom. The fraction of sp³-hybridized carbons (Fsp3) is 0.857. The average molecular weight is 209 g/mol. The van der Waals surface area contributed by atoms with Gasteiger partial charge in [-0.15, -0.1) is 0 Å². The first kappa shape index (κ1) is 12.0. The summed E-state index contributed by atoms with van der Waals surface area (Å²) in [6, 6.07) is 0. The number of hydrogen-bond acceptors (Lipinski definition) is 4. The van der Waals surface area contributed by atoms with Crippen molar-refractivity contribution in [2.45, 2.75) is 39.0 Å². The second-order valence-corrected chi connectivity index (χ2v) is 5.05. The van der Waals surface area contributed by atoms with E-state index in [0.29, 0.717) is 5.25 Å². The van der Waals surface area contributed by atoms with E-state index in [0.717, 1.165) is 0 Å². The summed E-state index contributed by atoms with van der Waals surface area (Å²) in [4.78, 5) is 11.1. The lowest BCUT2D eigenvalue weighted by Crippen LogP contribution is -2.21. The van der Waals surface area contributed by atoms with Gasteiger partial charge in [0, 0.05) is 5.25 Å². The second-order valence-electron chi connectivity index (χ2n) is 2.86. The highest BCUT2D eigenvalue weighted by Gasteiger charge is 2.14. The Morgan fingerprint density at radius 1 is 1.42 bits per heavy atom. The molecule has 0 aliphatic carbocycles. The van der Waals surface area contributed by atoms with Crippen LogP contribution < -0.4 is 0 Å². The van der Waals surface area contributed by atoms with Crippen LogP contribution in [-0.4, -0.2) is 21.2 Å². The first-order valence-corrected chi connectivity index (χ1v) is 5.03. The number of ether oxygens (including phenoxy) is 1. The van der Waals surface area contributed by atoms with Crippen LogP contribution in [0.1, 0.15) is 27.7 Å². The summed E-state index contributed by atoms with van der Waals surface area (Å²) in [6.45, 7) is 7.58. The molecule has 0 aromatic rings. The molecule has 1 amide bonds. The minimum absolute atomic E-state index is 0.0973. The van der Waals surface area contributed by atoms with Crippen LogP contribution >= 0.6 is 24.8 Å². The van der Waals surface area contributed by atoms with Crippen molar-refractivity contribution < 1.29 is 9.53 Å². The molecule has 0 saturated heterocycles. The summed E-state index contributed by atoms with van der Waals surface area (Å²) in [5.74, 6) is 0. The van der Waals surface area contributed by atoms with E-state index in [-0.39, 0.29) is 6.10 Å². The maximum atomic E-state index is 11.1. The molecule has 5 heteroatoms. The summed E-state index contributed by atoms with van der Waals surface area (Å²) >= 11 is 5.29. The topological polar surface area (TPSA) is 29.5 Å². The Kier molecular flexibility index (Phi) is 5.57. The van der Waals surface area contributed by atoms with Crippen LogP contribution in [0.4, 0.5) is 4.79 Å². The van der Waals surface area contributed by atoms with E-state index in [9.17, 15) is 4.79 Å². The maximum absolute atomic E-state index is 11.1. The van der Waals surface area contributed by atoms with Crippen molar-refractivity contribution >= 4 is 30.9 Å². The highest BCUT2D eigenvalue weighted by atomic mass is 32.2. The van der Waals surface area contributed by atoms with Gasteiger partial charge in [-0.1, -0.05) is 13.8 Å². The van der Waals surface area contributed by atoms with Gasteiger partial charge in [0.15, 0.2) is 0 Å². The van der Waals surface area contributed by atoms with Gasteiger partial charge in [-0.25, -0.2) is 4.79 Å². The Bertz CT molecular complexity index is 150. The monoisotopic (exact) mass is 209 g/mol. The van der Waals surface area contributed by atoms with Crippen molar-refractivity contribution in [3.63, 3.8) is 0 Å². The first-order chi connectivity index (χ1) is 5.43. The number of hydrogen-bond donors (Lipinski definition) is 1. The number of thiol groups is 1. The summed E-state index contributed by atoms with van der Waals surface area (Å²) in [7, 11) is 0. The van der Waals surface area contributed by atoms with Crippen LogP contribution in [0.2, 0.25) is 0 Å². The predicted molar refractivity (Wildman–Crippen MR) is 55.2 cm³/mol. The number of rotatable bonds is 3. The smallest absolute Gasteiger partial charge is 0.430 e. The highest BCUT2D eigenvalue weighted by molar-refractivity contribution is 8.06. The van der Waals surface area contributed by atoms with Crippen LogP contribution in [0.3, 0.4) is 0 Å². The third-order valence-corrected chi connectivity index (χ3v) is 2.02. The molecule has 0 aliphatic rings. The van der Waals surface area contributed by atoms with Crippen molar-refractivity contribution in [1.82, 2.24) is 3.71 Å². The summed E-state index contributed by atoms with van der Waals surface area (Å²) in [5.41, 5.74) is 0. The van der Waals surface area contributed by atoms with Gasteiger partial charge in [-0.3, -0.25) is 0 Å². The van der Waals surface area contributed by atoms with E-state index in [1.807, 2.05) is 13.8 Å². The maximum Gasteiger partial charge on any atom is 0.430 e. The van der Waals surface area contributed by atoms with E-state index < -0.39 is 6.09 Å². The molecule has 0 aliphatic heterocycles. The number of carbonyl (C=O) groups is 1. The van der Waals surface area contributed by atoms with Crippen LogP contribution in [0.15, 0.2) is 0 Å². The number of carbonyl (C=O) groups excluding carboxylic acids is 1. The van der Waals surface area contributed by atoms with E-state index in [2.05, 4.69) is 12.8 Å². The van der Waals surface area contributed by atoms with E-state index in [1.54, 1.807) is 13.8 Å². The summed E-state index contributed by atoms with van der Waals surface area (Å²) in [6.07, 6.45) is -0.507. The lowest BCUT2D eigenvalue weighted by molar-refractivity contribution is 0.112. The van der Waals surface area contributed by atoms with Crippen LogP contribution in [0.25, 0.3) is 0 Å². The fourth-order valence-corrected chi connectivity index (χ4v) is 1.63. The van der Waals surface area contributed by atoms with Crippen molar-refractivity contribution in [2.75, 3.05) is 0 Å². The molecule has 72 valence electrons. The molecular formula is C7H15NO2S2. The largest absolute Gasteiger partial charge is 0.445 e. The Morgan fingerprint density at radius 3 is 2.25 bits per heavy atom. The summed E-state index contributed by atoms with van der Waals surface area (Å²) in [5, 5.41) is 0.321. The van der Waals surface area contributed by atoms with Gasteiger partial charge in [0.2, 0.25) is 0 Å². The Balaban J connectivity index is 3.77. The molecule has 0 bridgehead atoms. The minimum atomic E-state index is -0.410. The van der Waals surface area contributed by atoms with Gasteiger partial charge in [-0.05, 0) is 38.6 Å². The van der Waals surface area contributed by atoms with Crippen LogP contribution in [0, 0.1) is 0 Å².